The molecular formula is C8H2N2. The lowest BCUT2D eigenvalue weighted by Crippen LogP contribution is -1.51. The molecule has 0 aliphatic heterocycles. The molecule has 0 aromatic carbocycles. The monoisotopic (exact) mass is 126 g/mol. The summed E-state index contributed by atoms with van der Waals surface area (Å²) in [6, 6.07) is 3.37. The minimum absolute atomic E-state index is 1.24. The average molecular weight is 126 g/mol. The van der Waals surface area contributed by atoms with E-state index >= 15 is 0 Å². The molecule has 0 amide bonds. The van der Waals surface area contributed by atoms with Crippen molar-refractivity contribution < 1.29 is 0 Å². The Bertz CT molecular complexity index is 315. The normalized spacial score (nSPS) is 5.80. The van der Waals surface area contributed by atoms with Gasteiger partial charge < -0.3 is 0 Å². The molecule has 0 radical (unpaired) electrons. The first-order valence-corrected chi connectivity index (χ1v) is 2.36. The quantitative estimate of drug-likeness (QED) is 0.352. The Morgan fingerprint density at radius 3 is 2.30 bits per heavy atom. The SMILES string of the molecule is N#CC#CC#C/C=C/C#N. The highest BCUT2D eigenvalue weighted by molar-refractivity contribution is 5.35. The maximum Gasteiger partial charge on any atom is 0.153 e. The molecule has 0 spiro atoms. The summed E-state index contributed by atoms with van der Waals surface area (Å²) >= 11 is 0. The topological polar surface area (TPSA) is 47.6 Å². The Balaban J connectivity index is 3.88. The van der Waals surface area contributed by atoms with Crippen LogP contribution in [0, 0.1) is 46.3 Å². The Kier molecular flexibility index (Phi) is 5.36. The van der Waals surface area contributed by atoms with Gasteiger partial charge in [-0.25, -0.2) is 0 Å². The summed E-state index contributed by atoms with van der Waals surface area (Å²) in [6.07, 6.45) is 2.60. The highest BCUT2D eigenvalue weighted by Gasteiger charge is 1.57. The molecular weight excluding hydrogens is 124 g/mol. The van der Waals surface area contributed by atoms with Gasteiger partial charge in [-0.1, -0.05) is 5.92 Å². The van der Waals surface area contributed by atoms with E-state index in [0.717, 1.165) is 0 Å². The largest absolute Gasteiger partial charge is 0.193 e. The van der Waals surface area contributed by atoms with Crippen LogP contribution in [0.25, 0.3) is 0 Å². The van der Waals surface area contributed by atoms with Crippen LogP contribution in [0.2, 0.25) is 0 Å². The Morgan fingerprint density at radius 1 is 0.900 bits per heavy atom. The van der Waals surface area contributed by atoms with Crippen molar-refractivity contribution in [2.45, 2.75) is 0 Å². The first kappa shape index (κ1) is 7.84. The fourth-order valence-electron chi connectivity index (χ4n) is 0.216. The Hall–Kier alpha value is -2.16. The van der Waals surface area contributed by atoms with Crippen LogP contribution in [0.5, 0.6) is 0 Å². The first-order valence-electron chi connectivity index (χ1n) is 2.36. The molecule has 0 aromatic heterocycles. The standard InChI is InChI=1S/C8H2N2/c9-7-5-3-1-2-4-6-8-10/h3,5H/b5-3+. The zero-order valence-electron chi connectivity index (χ0n) is 5.05. The van der Waals surface area contributed by atoms with Gasteiger partial charge >= 0.3 is 0 Å². The van der Waals surface area contributed by atoms with E-state index < -0.39 is 0 Å². The molecule has 0 saturated heterocycles. The number of nitriles is 2. The summed E-state index contributed by atoms with van der Waals surface area (Å²) in [5.41, 5.74) is 0. The van der Waals surface area contributed by atoms with Crippen LogP contribution in [0.4, 0.5) is 0 Å². The molecule has 0 atom stereocenters. The number of rotatable bonds is 0. The highest BCUT2D eigenvalue weighted by Crippen LogP contribution is 1.63. The van der Waals surface area contributed by atoms with E-state index in [0.29, 0.717) is 0 Å². The fourth-order valence-corrected chi connectivity index (χ4v) is 0.216. The van der Waals surface area contributed by atoms with Crippen LogP contribution in [0.1, 0.15) is 0 Å². The second kappa shape index (κ2) is 6.84. The summed E-state index contributed by atoms with van der Waals surface area (Å²) in [6.45, 7) is 0. The van der Waals surface area contributed by atoms with Gasteiger partial charge in [0.1, 0.15) is 0 Å². The van der Waals surface area contributed by atoms with Crippen LogP contribution >= 0.6 is 0 Å². The van der Waals surface area contributed by atoms with Gasteiger partial charge in [-0.3, -0.25) is 0 Å². The highest BCUT2D eigenvalue weighted by atomic mass is 14.2. The van der Waals surface area contributed by atoms with Crippen molar-refractivity contribution in [3.05, 3.63) is 12.2 Å². The molecule has 0 unspecified atom stereocenters. The third kappa shape index (κ3) is 5.84. The van der Waals surface area contributed by atoms with Gasteiger partial charge in [0.15, 0.2) is 6.07 Å². The lowest BCUT2D eigenvalue weighted by Gasteiger charge is -1.55. The first-order chi connectivity index (χ1) is 4.91. The van der Waals surface area contributed by atoms with E-state index in [9.17, 15) is 0 Å². The van der Waals surface area contributed by atoms with Gasteiger partial charge in [0.05, 0.1) is 6.07 Å². The molecule has 0 aliphatic carbocycles. The van der Waals surface area contributed by atoms with Gasteiger partial charge in [0.25, 0.3) is 0 Å². The second-order valence-electron chi connectivity index (χ2n) is 1.09. The van der Waals surface area contributed by atoms with E-state index in [1.54, 1.807) is 12.1 Å². The summed E-state index contributed by atoms with van der Waals surface area (Å²) in [7, 11) is 0. The zero-order valence-corrected chi connectivity index (χ0v) is 5.05. The third-order valence-electron chi connectivity index (χ3n) is 0.494. The number of hydrogen-bond donors (Lipinski definition) is 0. The van der Waals surface area contributed by atoms with Gasteiger partial charge in [-0.15, -0.1) is 0 Å². The lowest BCUT2D eigenvalue weighted by molar-refractivity contribution is 1.53. The van der Waals surface area contributed by atoms with Crippen molar-refractivity contribution in [3.8, 4) is 35.8 Å². The number of hydrogen-bond acceptors (Lipinski definition) is 2. The molecule has 2 heteroatoms. The van der Waals surface area contributed by atoms with Crippen molar-refractivity contribution >= 4 is 0 Å². The lowest BCUT2D eigenvalue weighted by atomic mass is 10.5. The molecule has 0 rings (SSSR count). The molecule has 0 saturated carbocycles. The molecule has 0 fully saturated rings. The number of allylic oxidation sites excluding steroid dienone is 2. The predicted octanol–water partition coefficient (Wildman–Crippen LogP) is 0.597. The van der Waals surface area contributed by atoms with E-state index in [4.69, 9.17) is 10.5 Å². The maximum atomic E-state index is 7.98. The molecule has 44 valence electrons. The second-order valence-corrected chi connectivity index (χ2v) is 1.09. The van der Waals surface area contributed by atoms with Crippen LogP contribution in [-0.2, 0) is 0 Å². The zero-order chi connectivity index (χ0) is 7.66. The summed E-state index contributed by atoms with van der Waals surface area (Å²) < 4.78 is 0. The molecule has 0 aliphatic rings. The van der Waals surface area contributed by atoms with Gasteiger partial charge in [-0.05, 0) is 12.0 Å². The summed E-state index contributed by atoms with van der Waals surface area (Å²) in [4.78, 5) is 0. The number of nitrogens with zero attached hydrogens (tertiary/aromatic N) is 2. The smallest absolute Gasteiger partial charge is 0.153 e. The van der Waals surface area contributed by atoms with Gasteiger partial charge in [0.2, 0.25) is 0 Å². The minimum atomic E-state index is 1.24. The molecule has 2 nitrogen and oxygen atoms in total. The predicted molar refractivity (Wildman–Crippen MR) is 35.9 cm³/mol. The van der Waals surface area contributed by atoms with Crippen LogP contribution in [0.15, 0.2) is 12.2 Å². The van der Waals surface area contributed by atoms with Crippen molar-refractivity contribution in [2.75, 3.05) is 0 Å². The van der Waals surface area contributed by atoms with Crippen molar-refractivity contribution in [3.63, 3.8) is 0 Å². The Morgan fingerprint density at radius 2 is 1.70 bits per heavy atom. The van der Waals surface area contributed by atoms with Crippen LogP contribution < -0.4 is 0 Å². The van der Waals surface area contributed by atoms with Gasteiger partial charge in [0, 0.05) is 17.9 Å². The van der Waals surface area contributed by atoms with E-state index in [1.165, 1.54) is 12.2 Å². The van der Waals surface area contributed by atoms with Crippen LogP contribution in [-0.4, -0.2) is 0 Å². The van der Waals surface area contributed by atoms with Gasteiger partial charge in [-0.2, -0.15) is 10.5 Å². The molecule has 0 aromatic rings. The average Bonchev–Trinajstić information content (AvgIpc) is 1.97. The van der Waals surface area contributed by atoms with E-state index in [-0.39, 0.29) is 0 Å². The van der Waals surface area contributed by atoms with Crippen molar-refractivity contribution in [2.24, 2.45) is 0 Å². The maximum absolute atomic E-state index is 7.98. The van der Waals surface area contributed by atoms with Crippen LogP contribution in [0.3, 0.4) is 0 Å². The van der Waals surface area contributed by atoms with Crippen molar-refractivity contribution in [1.29, 1.82) is 10.5 Å². The Labute approximate surface area is 59.4 Å². The van der Waals surface area contributed by atoms with Crippen molar-refractivity contribution in [1.82, 2.24) is 0 Å². The molecule has 0 heterocycles. The van der Waals surface area contributed by atoms with E-state index in [2.05, 4.69) is 23.7 Å². The third-order valence-corrected chi connectivity index (χ3v) is 0.494. The molecule has 10 heavy (non-hydrogen) atoms. The molecule has 0 N–H and O–H groups in total. The fraction of sp³-hybridized carbons (Fsp3) is 0. The molecule has 0 bridgehead atoms. The minimum Gasteiger partial charge on any atom is -0.193 e. The summed E-state index contributed by atoms with van der Waals surface area (Å²) in [5, 5.41) is 15.9. The summed E-state index contributed by atoms with van der Waals surface area (Å²) in [5.74, 6) is 9.14. The van der Waals surface area contributed by atoms with E-state index in [1.807, 2.05) is 0 Å².